The predicted molar refractivity (Wildman–Crippen MR) is 82.6 cm³/mol. The Labute approximate surface area is 130 Å². The molecule has 0 atom stereocenters. The number of amides is 1. The molecule has 1 N–H and O–H groups in total. The van der Waals surface area contributed by atoms with Crippen molar-refractivity contribution in [3.05, 3.63) is 52.5 Å². The van der Waals surface area contributed by atoms with Gasteiger partial charge in [-0.2, -0.15) is 0 Å². The van der Waals surface area contributed by atoms with E-state index in [1.165, 1.54) is 4.68 Å². The third kappa shape index (κ3) is 3.15. The molecule has 0 radical (unpaired) electrons. The average molecular weight is 321 g/mol. The van der Waals surface area contributed by atoms with E-state index in [0.29, 0.717) is 15.7 Å². The first kappa shape index (κ1) is 13.9. The van der Waals surface area contributed by atoms with Gasteiger partial charge in [-0.3, -0.25) is 4.79 Å². The number of halogens is 2. The number of nitrogens with zero attached hydrogens (tertiary/aromatic N) is 3. The maximum atomic E-state index is 12.1. The fourth-order valence-electron chi connectivity index (χ4n) is 2.00. The number of nitrogens with one attached hydrogen (secondary N) is 1. The minimum Gasteiger partial charge on any atom is -0.324 e. The van der Waals surface area contributed by atoms with Crippen LogP contribution in [0.2, 0.25) is 10.0 Å². The summed E-state index contributed by atoms with van der Waals surface area (Å²) in [6, 6.07) is 12.3. The van der Waals surface area contributed by atoms with Crippen LogP contribution in [0, 0.1) is 0 Å². The molecule has 0 unspecified atom stereocenters. The van der Waals surface area contributed by atoms with Crippen molar-refractivity contribution in [1.29, 1.82) is 0 Å². The number of fused-ring (bicyclic) bond motifs is 1. The van der Waals surface area contributed by atoms with Crippen LogP contribution in [0.5, 0.6) is 0 Å². The van der Waals surface area contributed by atoms with Crippen LogP contribution in [0.3, 0.4) is 0 Å². The van der Waals surface area contributed by atoms with Gasteiger partial charge in [0.2, 0.25) is 5.91 Å². The summed E-state index contributed by atoms with van der Waals surface area (Å²) in [6.07, 6.45) is 0. The van der Waals surface area contributed by atoms with E-state index in [1.54, 1.807) is 18.2 Å². The van der Waals surface area contributed by atoms with Gasteiger partial charge in [-0.15, -0.1) is 5.10 Å². The van der Waals surface area contributed by atoms with Crippen LogP contribution >= 0.6 is 23.2 Å². The fourth-order valence-corrected chi connectivity index (χ4v) is 2.52. The van der Waals surface area contributed by atoms with Crippen LogP contribution in [-0.2, 0) is 11.3 Å². The van der Waals surface area contributed by atoms with E-state index in [2.05, 4.69) is 15.6 Å². The van der Waals surface area contributed by atoms with Crippen LogP contribution in [-0.4, -0.2) is 20.9 Å². The summed E-state index contributed by atoms with van der Waals surface area (Å²) < 4.78 is 1.54. The maximum absolute atomic E-state index is 12.1. The van der Waals surface area contributed by atoms with Crippen molar-refractivity contribution in [3.8, 4) is 0 Å². The molecule has 21 heavy (non-hydrogen) atoms. The Bertz CT molecular complexity index is 795. The maximum Gasteiger partial charge on any atom is 0.246 e. The number of anilines is 1. The Kier molecular flexibility index (Phi) is 3.77. The van der Waals surface area contributed by atoms with Gasteiger partial charge >= 0.3 is 0 Å². The molecule has 0 aliphatic heterocycles. The van der Waals surface area contributed by atoms with Crippen LogP contribution in [0.25, 0.3) is 11.0 Å². The average Bonchev–Trinajstić information content (AvgIpc) is 2.81. The molecule has 3 aromatic rings. The van der Waals surface area contributed by atoms with Gasteiger partial charge in [-0.05, 0) is 30.3 Å². The highest BCUT2D eigenvalue weighted by Gasteiger charge is 2.09. The molecule has 0 fully saturated rings. The second-order valence-corrected chi connectivity index (χ2v) is 5.31. The molecule has 0 aliphatic carbocycles. The molecule has 0 saturated carbocycles. The first-order chi connectivity index (χ1) is 10.1. The molecular weight excluding hydrogens is 311 g/mol. The number of para-hydroxylation sites is 1. The van der Waals surface area contributed by atoms with Gasteiger partial charge in [-0.25, -0.2) is 4.68 Å². The Hall–Kier alpha value is -2.11. The van der Waals surface area contributed by atoms with Gasteiger partial charge in [0.1, 0.15) is 12.1 Å². The normalized spacial score (nSPS) is 10.8. The van der Waals surface area contributed by atoms with E-state index in [1.807, 2.05) is 24.3 Å². The van der Waals surface area contributed by atoms with E-state index in [4.69, 9.17) is 23.2 Å². The zero-order chi connectivity index (χ0) is 14.8. The van der Waals surface area contributed by atoms with Gasteiger partial charge in [0.25, 0.3) is 0 Å². The first-order valence-electron chi connectivity index (χ1n) is 6.16. The number of rotatable bonds is 3. The van der Waals surface area contributed by atoms with Crippen LogP contribution in [0.1, 0.15) is 0 Å². The van der Waals surface area contributed by atoms with Crippen LogP contribution in [0.4, 0.5) is 5.69 Å². The van der Waals surface area contributed by atoms with Crippen molar-refractivity contribution in [3.63, 3.8) is 0 Å². The monoisotopic (exact) mass is 320 g/mol. The zero-order valence-electron chi connectivity index (χ0n) is 10.8. The standard InChI is InChI=1S/C14H10Cl2N4O/c15-9-5-10(16)7-11(6-9)17-14(21)8-20-13-4-2-1-3-12(13)18-19-20/h1-7H,8H2,(H,17,21). The van der Waals surface area contributed by atoms with Crippen LogP contribution < -0.4 is 5.32 Å². The molecule has 0 bridgehead atoms. The quantitative estimate of drug-likeness (QED) is 0.804. The number of carbonyl (C=O) groups excluding carboxylic acids is 1. The molecule has 1 aromatic heterocycles. The summed E-state index contributed by atoms with van der Waals surface area (Å²) in [5.74, 6) is -0.232. The summed E-state index contributed by atoms with van der Waals surface area (Å²) in [5, 5.41) is 11.6. The highest BCUT2D eigenvalue weighted by atomic mass is 35.5. The topological polar surface area (TPSA) is 59.8 Å². The minimum absolute atomic E-state index is 0.0602. The zero-order valence-corrected chi connectivity index (χ0v) is 12.3. The minimum atomic E-state index is -0.232. The first-order valence-corrected chi connectivity index (χ1v) is 6.91. The van der Waals surface area contributed by atoms with Crippen molar-refractivity contribution < 1.29 is 4.79 Å². The van der Waals surface area contributed by atoms with E-state index in [9.17, 15) is 4.79 Å². The van der Waals surface area contributed by atoms with Crippen LogP contribution in [0.15, 0.2) is 42.5 Å². The SMILES string of the molecule is O=C(Cn1nnc2ccccc21)Nc1cc(Cl)cc(Cl)c1. The Morgan fingerprint density at radius 3 is 2.62 bits per heavy atom. The van der Waals surface area contributed by atoms with Gasteiger partial charge in [0.15, 0.2) is 0 Å². The Balaban J connectivity index is 1.77. The van der Waals surface area contributed by atoms with E-state index in [0.717, 1.165) is 11.0 Å². The molecule has 1 amide bonds. The third-order valence-electron chi connectivity index (χ3n) is 2.86. The summed E-state index contributed by atoms with van der Waals surface area (Å²) in [5.41, 5.74) is 2.09. The van der Waals surface area contributed by atoms with E-state index >= 15 is 0 Å². The Morgan fingerprint density at radius 2 is 1.86 bits per heavy atom. The molecule has 106 valence electrons. The largest absolute Gasteiger partial charge is 0.324 e. The molecular formula is C14H10Cl2N4O. The smallest absolute Gasteiger partial charge is 0.246 e. The second kappa shape index (κ2) is 5.71. The van der Waals surface area contributed by atoms with E-state index in [-0.39, 0.29) is 12.5 Å². The fraction of sp³-hybridized carbons (Fsp3) is 0.0714. The number of aromatic nitrogens is 3. The molecule has 7 heteroatoms. The molecule has 0 saturated heterocycles. The highest BCUT2D eigenvalue weighted by Crippen LogP contribution is 2.22. The van der Waals surface area contributed by atoms with Gasteiger partial charge < -0.3 is 5.32 Å². The number of benzene rings is 2. The van der Waals surface area contributed by atoms with E-state index < -0.39 is 0 Å². The lowest BCUT2D eigenvalue weighted by atomic mass is 10.3. The van der Waals surface area contributed by atoms with Crippen molar-refractivity contribution in [2.45, 2.75) is 6.54 Å². The molecule has 2 aromatic carbocycles. The van der Waals surface area contributed by atoms with Crippen molar-refractivity contribution >= 4 is 45.8 Å². The van der Waals surface area contributed by atoms with Crippen molar-refractivity contribution in [1.82, 2.24) is 15.0 Å². The summed E-state index contributed by atoms with van der Waals surface area (Å²) in [4.78, 5) is 12.1. The third-order valence-corrected chi connectivity index (χ3v) is 3.30. The molecule has 0 spiro atoms. The van der Waals surface area contributed by atoms with Crippen molar-refractivity contribution in [2.75, 3.05) is 5.32 Å². The molecule has 3 rings (SSSR count). The van der Waals surface area contributed by atoms with Gasteiger partial charge in [-0.1, -0.05) is 40.5 Å². The number of carbonyl (C=O) groups is 1. The lowest BCUT2D eigenvalue weighted by molar-refractivity contribution is -0.116. The van der Waals surface area contributed by atoms with Gasteiger partial charge in [0.05, 0.1) is 5.52 Å². The number of hydrogen-bond acceptors (Lipinski definition) is 3. The summed E-state index contributed by atoms with van der Waals surface area (Å²) >= 11 is 11.8. The molecule has 0 aliphatic rings. The predicted octanol–water partition coefficient (Wildman–Crippen LogP) is 3.38. The summed E-state index contributed by atoms with van der Waals surface area (Å²) in [7, 11) is 0. The Morgan fingerprint density at radius 1 is 1.14 bits per heavy atom. The van der Waals surface area contributed by atoms with Crippen molar-refractivity contribution in [2.24, 2.45) is 0 Å². The summed E-state index contributed by atoms with van der Waals surface area (Å²) in [6.45, 7) is 0.0602. The highest BCUT2D eigenvalue weighted by molar-refractivity contribution is 6.35. The van der Waals surface area contributed by atoms with Gasteiger partial charge in [0, 0.05) is 15.7 Å². The lowest BCUT2D eigenvalue weighted by Gasteiger charge is -2.06. The molecule has 5 nitrogen and oxygen atoms in total. The molecule has 1 heterocycles. The lowest BCUT2D eigenvalue weighted by Crippen LogP contribution is -2.19. The second-order valence-electron chi connectivity index (χ2n) is 4.44. The number of hydrogen-bond donors (Lipinski definition) is 1.